The van der Waals surface area contributed by atoms with Crippen molar-refractivity contribution in [3.8, 4) is 11.5 Å². The minimum Gasteiger partial charge on any atom is -0.493 e. The number of hydrogen-bond donors (Lipinski definition) is 1. The van der Waals surface area contributed by atoms with E-state index in [1.165, 1.54) is 16.4 Å². The fourth-order valence-electron chi connectivity index (χ4n) is 3.92. The van der Waals surface area contributed by atoms with Gasteiger partial charge in [0.25, 0.3) is 5.91 Å². The number of nitrogens with one attached hydrogen (secondary N) is 1. The zero-order chi connectivity index (χ0) is 25.0. The van der Waals surface area contributed by atoms with Crippen LogP contribution in [0.4, 0.5) is 5.69 Å². The van der Waals surface area contributed by atoms with Crippen molar-refractivity contribution in [3.05, 3.63) is 60.2 Å². The molecule has 4 rings (SSSR count). The average Bonchev–Trinajstić information content (AvgIpc) is 2.85. The number of carbonyl (C=O) groups is 1. The van der Waals surface area contributed by atoms with Crippen LogP contribution < -0.4 is 14.8 Å². The molecule has 3 aromatic rings. The smallest absolute Gasteiger partial charge is 0.259 e. The third-order valence-corrected chi connectivity index (χ3v) is 7.46. The van der Waals surface area contributed by atoms with Crippen molar-refractivity contribution in [1.29, 1.82) is 0 Å². The molecule has 1 amide bonds. The first kappa shape index (κ1) is 25.0. The molecule has 0 saturated carbocycles. The number of ether oxygens (including phenoxy) is 3. The predicted molar refractivity (Wildman–Crippen MR) is 135 cm³/mol. The Morgan fingerprint density at radius 2 is 1.71 bits per heavy atom. The van der Waals surface area contributed by atoms with Crippen molar-refractivity contribution in [3.63, 3.8) is 0 Å². The van der Waals surface area contributed by atoms with Gasteiger partial charge in [0.2, 0.25) is 10.0 Å². The zero-order valence-corrected chi connectivity index (χ0v) is 20.9. The highest BCUT2D eigenvalue weighted by Crippen LogP contribution is 2.32. The Hall–Kier alpha value is -3.14. The molecule has 1 heterocycles. The van der Waals surface area contributed by atoms with Crippen molar-refractivity contribution in [2.45, 2.75) is 31.8 Å². The number of nitrogens with zero attached hydrogens (tertiary/aromatic N) is 1. The van der Waals surface area contributed by atoms with Crippen molar-refractivity contribution in [2.24, 2.45) is 0 Å². The second kappa shape index (κ2) is 10.6. The quantitative estimate of drug-likeness (QED) is 0.498. The van der Waals surface area contributed by atoms with Gasteiger partial charge in [0.05, 0.1) is 42.1 Å². The molecule has 1 saturated heterocycles. The van der Waals surface area contributed by atoms with Crippen LogP contribution in [0.25, 0.3) is 10.8 Å². The second-order valence-electron chi connectivity index (χ2n) is 8.42. The summed E-state index contributed by atoms with van der Waals surface area (Å²) in [4.78, 5) is 13.5. The molecule has 186 valence electrons. The van der Waals surface area contributed by atoms with Gasteiger partial charge in [-0.3, -0.25) is 4.79 Å². The van der Waals surface area contributed by atoms with Gasteiger partial charge in [-0.25, -0.2) is 8.42 Å². The number of morpholine rings is 1. The van der Waals surface area contributed by atoms with Crippen LogP contribution in [0.2, 0.25) is 0 Å². The topological polar surface area (TPSA) is 94.2 Å². The third kappa shape index (κ3) is 5.58. The van der Waals surface area contributed by atoms with Gasteiger partial charge >= 0.3 is 0 Å². The maximum absolute atomic E-state index is 13.4. The van der Waals surface area contributed by atoms with Crippen LogP contribution >= 0.6 is 0 Å². The number of hydrogen-bond acceptors (Lipinski definition) is 6. The summed E-state index contributed by atoms with van der Waals surface area (Å²) in [5.74, 6) is 0.411. The minimum atomic E-state index is -3.75. The van der Waals surface area contributed by atoms with E-state index in [0.29, 0.717) is 36.9 Å². The van der Waals surface area contributed by atoms with Gasteiger partial charge in [0.15, 0.2) is 0 Å². The predicted octanol–water partition coefficient (Wildman–Crippen LogP) is 4.30. The fraction of sp³-hybridized carbons (Fsp3) is 0.346. The van der Waals surface area contributed by atoms with E-state index in [-0.39, 0.29) is 29.8 Å². The van der Waals surface area contributed by atoms with E-state index in [1.54, 1.807) is 12.1 Å². The Kier molecular flexibility index (Phi) is 7.59. The van der Waals surface area contributed by atoms with Crippen molar-refractivity contribution in [1.82, 2.24) is 4.31 Å². The van der Waals surface area contributed by atoms with E-state index in [1.807, 2.05) is 51.1 Å². The molecule has 0 aromatic heterocycles. The van der Waals surface area contributed by atoms with Crippen molar-refractivity contribution >= 4 is 32.4 Å². The van der Waals surface area contributed by atoms with Crippen LogP contribution in [0.3, 0.4) is 0 Å². The molecule has 35 heavy (non-hydrogen) atoms. The van der Waals surface area contributed by atoms with Crippen LogP contribution in [0.15, 0.2) is 59.5 Å². The fourth-order valence-corrected chi connectivity index (χ4v) is 5.36. The average molecular weight is 499 g/mol. The molecule has 1 aliphatic heterocycles. The summed E-state index contributed by atoms with van der Waals surface area (Å²) in [5, 5.41) is 4.71. The van der Waals surface area contributed by atoms with E-state index in [0.717, 1.165) is 10.8 Å². The van der Waals surface area contributed by atoms with Gasteiger partial charge in [-0.1, -0.05) is 24.3 Å². The van der Waals surface area contributed by atoms with Crippen LogP contribution in [0.5, 0.6) is 11.5 Å². The highest BCUT2D eigenvalue weighted by atomic mass is 32.2. The molecular formula is C26H30N2O6S. The third-order valence-electron chi connectivity index (χ3n) is 5.56. The van der Waals surface area contributed by atoms with E-state index < -0.39 is 15.9 Å². The van der Waals surface area contributed by atoms with Crippen molar-refractivity contribution in [2.75, 3.05) is 38.2 Å². The summed E-state index contributed by atoms with van der Waals surface area (Å²) in [6.07, 6.45) is -0.174. The van der Waals surface area contributed by atoms with Crippen LogP contribution in [0, 0.1) is 0 Å². The molecule has 0 atom stereocenters. The van der Waals surface area contributed by atoms with Gasteiger partial charge in [-0.05, 0) is 61.9 Å². The first-order valence-corrected chi connectivity index (χ1v) is 13.1. The zero-order valence-electron chi connectivity index (χ0n) is 20.1. The molecular weight excluding hydrogens is 468 g/mol. The second-order valence-corrected chi connectivity index (χ2v) is 10.4. The molecule has 3 aromatic carbocycles. The summed E-state index contributed by atoms with van der Waals surface area (Å²) < 4.78 is 44.7. The molecule has 1 aliphatic rings. The van der Waals surface area contributed by atoms with Crippen LogP contribution in [0.1, 0.15) is 31.1 Å². The summed E-state index contributed by atoms with van der Waals surface area (Å²) in [5.41, 5.74) is 0.621. The molecule has 8 nitrogen and oxygen atoms in total. The Balaban J connectivity index is 1.72. The molecule has 1 fully saturated rings. The lowest BCUT2D eigenvalue weighted by Crippen LogP contribution is -2.40. The normalized spacial score (nSPS) is 14.7. The standard InChI is InChI=1S/C26H30N2O6S/c1-4-33-25-16-20-8-6-5-7-19(20)15-22(25)26(29)27-23-17-21(9-10-24(23)34-18(2)3)35(30,31)28-11-13-32-14-12-28/h5-10,15-18H,4,11-14H2,1-3H3,(H,27,29). The Morgan fingerprint density at radius 3 is 2.37 bits per heavy atom. The lowest BCUT2D eigenvalue weighted by molar-refractivity contribution is 0.0730. The summed E-state index contributed by atoms with van der Waals surface area (Å²) in [7, 11) is -3.75. The van der Waals surface area contributed by atoms with Gasteiger partial charge in [0, 0.05) is 13.1 Å². The Labute approximate surface area is 205 Å². The summed E-state index contributed by atoms with van der Waals surface area (Å²) >= 11 is 0. The van der Waals surface area contributed by atoms with Crippen LogP contribution in [-0.2, 0) is 14.8 Å². The number of rotatable bonds is 8. The molecule has 0 aliphatic carbocycles. The van der Waals surface area contributed by atoms with Gasteiger partial charge in [-0.15, -0.1) is 0 Å². The van der Waals surface area contributed by atoms with E-state index >= 15 is 0 Å². The van der Waals surface area contributed by atoms with E-state index in [4.69, 9.17) is 14.2 Å². The maximum Gasteiger partial charge on any atom is 0.259 e. The number of anilines is 1. The van der Waals surface area contributed by atoms with Crippen molar-refractivity contribution < 1.29 is 27.4 Å². The van der Waals surface area contributed by atoms with Gasteiger partial charge < -0.3 is 19.5 Å². The van der Waals surface area contributed by atoms with E-state index in [9.17, 15) is 13.2 Å². The first-order chi connectivity index (χ1) is 16.8. The maximum atomic E-state index is 13.4. The molecule has 0 radical (unpaired) electrons. The minimum absolute atomic E-state index is 0.0781. The molecule has 9 heteroatoms. The van der Waals surface area contributed by atoms with Gasteiger partial charge in [0.1, 0.15) is 11.5 Å². The SMILES string of the molecule is CCOc1cc2ccccc2cc1C(=O)Nc1cc(S(=O)(=O)N2CCOCC2)ccc1OC(C)C. The first-order valence-electron chi connectivity index (χ1n) is 11.6. The number of fused-ring (bicyclic) bond motifs is 1. The number of benzene rings is 3. The molecule has 0 spiro atoms. The monoisotopic (exact) mass is 498 g/mol. The van der Waals surface area contributed by atoms with Gasteiger partial charge in [-0.2, -0.15) is 4.31 Å². The highest BCUT2D eigenvalue weighted by Gasteiger charge is 2.28. The number of carbonyl (C=O) groups excluding carboxylic acids is 1. The largest absolute Gasteiger partial charge is 0.493 e. The number of sulfonamides is 1. The molecule has 0 bridgehead atoms. The summed E-state index contributed by atoms with van der Waals surface area (Å²) in [6, 6.07) is 15.8. The highest BCUT2D eigenvalue weighted by molar-refractivity contribution is 7.89. The molecule has 1 N–H and O–H groups in total. The van der Waals surface area contributed by atoms with E-state index in [2.05, 4.69) is 5.32 Å². The summed E-state index contributed by atoms with van der Waals surface area (Å²) in [6.45, 7) is 7.23. The lowest BCUT2D eigenvalue weighted by atomic mass is 10.1. The Bertz CT molecular complexity index is 1320. The molecule has 0 unspecified atom stereocenters. The van der Waals surface area contributed by atoms with Crippen LogP contribution in [-0.4, -0.2) is 57.6 Å². The number of amides is 1. The lowest BCUT2D eigenvalue weighted by Gasteiger charge is -2.26. The Morgan fingerprint density at radius 1 is 1.03 bits per heavy atom.